The molecule has 1 unspecified atom stereocenters. The summed E-state index contributed by atoms with van der Waals surface area (Å²) in [7, 11) is 1.98. The predicted molar refractivity (Wildman–Crippen MR) is 83.7 cm³/mol. The van der Waals surface area contributed by atoms with Gasteiger partial charge in [0.25, 0.3) is 0 Å². The Morgan fingerprint density at radius 2 is 2.06 bits per heavy atom. The molecular formula is C13H17BrN2S2. The number of nitrogens with one attached hydrogen (secondary N) is 1. The summed E-state index contributed by atoms with van der Waals surface area (Å²) in [5, 5.41) is 6.66. The van der Waals surface area contributed by atoms with Crippen LogP contribution in [0.15, 0.2) is 21.3 Å². The van der Waals surface area contributed by atoms with Crippen molar-refractivity contribution in [3.05, 3.63) is 36.9 Å². The fourth-order valence-electron chi connectivity index (χ4n) is 1.64. The van der Waals surface area contributed by atoms with Crippen molar-refractivity contribution >= 4 is 38.6 Å². The largest absolute Gasteiger partial charge is 0.307 e. The third-order valence-corrected chi connectivity index (χ3v) is 5.30. The van der Waals surface area contributed by atoms with Gasteiger partial charge in [0.05, 0.1) is 15.5 Å². The maximum Gasteiger partial charge on any atom is 0.115 e. The van der Waals surface area contributed by atoms with E-state index in [0.29, 0.717) is 0 Å². The molecule has 0 fully saturated rings. The van der Waals surface area contributed by atoms with E-state index in [9.17, 15) is 0 Å². The van der Waals surface area contributed by atoms with E-state index < -0.39 is 0 Å². The van der Waals surface area contributed by atoms with E-state index in [2.05, 4.69) is 59.5 Å². The standard InChI is InChI=1S/C13H17BrN2S2/c1-13(2,3)9-7-17-12(16-9)11(15-4)8-5-6-10(14)18-8/h5-7,11,15H,1-4H3. The van der Waals surface area contributed by atoms with Crippen LogP contribution in [0.4, 0.5) is 0 Å². The molecule has 0 saturated carbocycles. The lowest BCUT2D eigenvalue weighted by Crippen LogP contribution is -2.17. The van der Waals surface area contributed by atoms with E-state index in [1.165, 1.54) is 10.6 Å². The molecule has 0 aliphatic rings. The Balaban J connectivity index is 2.31. The number of halogens is 1. The second-order valence-electron chi connectivity index (χ2n) is 5.18. The number of hydrogen-bond acceptors (Lipinski definition) is 4. The highest BCUT2D eigenvalue weighted by Crippen LogP contribution is 2.34. The van der Waals surface area contributed by atoms with Crippen molar-refractivity contribution in [3.63, 3.8) is 0 Å². The number of thiazole rings is 1. The Bertz CT molecular complexity index is 525. The third kappa shape index (κ3) is 3.02. The van der Waals surface area contributed by atoms with E-state index >= 15 is 0 Å². The molecule has 1 N–H and O–H groups in total. The fraction of sp³-hybridized carbons (Fsp3) is 0.462. The average Bonchev–Trinajstić information content (AvgIpc) is 2.88. The Morgan fingerprint density at radius 1 is 1.33 bits per heavy atom. The van der Waals surface area contributed by atoms with E-state index in [1.54, 1.807) is 22.7 Å². The third-order valence-electron chi connectivity index (χ3n) is 2.70. The monoisotopic (exact) mass is 344 g/mol. The highest BCUT2D eigenvalue weighted by Gasteiger charge is 2.22. The second-order valence-corrected chi connectivity index (χ2v) is 8.57. The minimum atomic E-state index is 0.114. The van der Waals surface area contributed by atoms with Crippen LogP contribution in [0.1, 0.15) is 42.4 Å². The lowest BCUT2D eigenvalue weighted by molar-refractivity contribution is 0.566. The molecule has 2 aromatic heterocycles. The first-order chi connectivity index (χ1) is 8.41. The highest BCUT2D eigenvalue weighted by molar-refractivity contribution is 9.11. The van der Waals surface area contributed by atoms with Gasteiger partial charge < -0.3 is 5.32 Å². The van der Waals surface area contributed by atoms with Crippen LogP contribution in [-0.4, -0.2) is 12.0 Å². The summed E-state index contributed by atoms with van der Waals surface area (Å²) in [5.41, 5.74) is 1.28. The van der Waals surface area contributed by atoms with Crippen LogP contribution in [-0.2, 0) is 5.41 Å². The predicted octanol–water partition coefficient (Wildman–Crippen LogP) is 4.57. The molecule has 2 rings (SSSR count). The number of nitrogens with zero attached hydrogens (tertiary/aromatic N) is 1. The summed E-state index contributed by atoms with van der Waals surface area (Å²) < 4.78 is 1.16. The van der Waals surface area contributed by atoms with Crippen LogP contribution in [0.3, 0.4) is 0 Å². The second kappa shape index (κ2) is 5.41. The number of thiophene rings is 1. The van der Waals surface area contributed by atoms with E-state index in [4.69, 9.17) is 4.98 Å². The van der Waals surface area contributed by atoms with Gasteiger partial charge in [0, 0.05) is 15.7 Å². The zero-order chi connectivity index (χ0) is 13.3. The molecule has 2 nitrogen and oxygen atoms in total. The van der Waals surface area contributed by atoms with E-state index in [-0.39, 0.29) is 11.5 Å². The SMILES string of the molecule is CNC(c1ccc(Br)s1)c1nc(C(C)(C)C)cs1. The maximum absolute atomic E-state index is 4.79. The Labute approximate surface area is 125 Å². The van der Waals surface area contributed by atoms with Gasteiger partial charge in [0.2, 0.25) is 0 Å². The summed E-state index contributed by atoms with van der Waals surface area (Å²) in [4.78, 5) is 6.08. The van der Waals surface area contributed by atoms with Crippen molar-refractivity contribution in [2.24, 2.45) is 0 Å². The molecule has 5 heteroatoms. The molecule has 0 aliphatic carbocycles. The lowest BCUT2D eigenvalue weighted by Gasteiger charge is -2.15. The molecule has 98 valence electrons. The molecule has 2 heterocycles. The van der Waals surface area contributed by atoms with Crippen molar-refractivity contribution in [2.75, 3.05) is 7.05 Å². The smallest absolute Gasteiger partial charge is 0.115 e. The Hall–Kier alpha value is -0.230. The van der Waals surface area contributed by atoms with Crippen LogP contribution in [0.5, 0.6) is 0 Å². The molecule has 1 atom stereocenters. The van der Waals surface area contributed by atoms with Gasteiger partial charge >= 0.3 is 0 Å². The molecule has 0 amide bonds. The maximum atomic E-state index is 4.79. The molecule has 0 bridgehead atoms. The first kappa shape index (κ1) is 14.2. The van der Waals surface area contributed by atoms with Crippen molar-refractivity contribution in [1.82, 2.24) is 10.3 Å². The first-order valence-electron chi connectivity index (χ1n) is 5.80. The minimum absolute atomic E-state index is 0.114. The molecular weight excluding hydrogens is 328 g/mol. The molecule has 0 saturated heterocycles. The van der Waals surface area contributed by atoms with Gasteiger partial charge in [0.15, 0.2) is 0 Å². The number of hydrogen-bond donors (Lipinski definition) is 1. The first-order valence-corrected chi connectivity index (χ1v) is 8.29. The fourth-order valence-corrected chi connectivity index (χ4v) is 4.42. The summed E-state index contributed by atoms with van der Waals surface area (Å²) in [5.74, 6) is 0. The van der Waals surface area contributed by atoms with Gasteiger partial charge in [0.1, 0.15) is 5.01 Å². The van der Waals surface area contributed by atoms with Crippen LogP contribution >= 0.6 is 38.6 Å². The van der Waals surface area contributed by atoms with Gasteiger partial charge in [-0.05, 0) is 35.1 Å². The summed E-state index contributed by atoms with van der Waals surface area (Å²) in [6.45, 7) is 6.59. The van der Waals surface area contributed by atoms with Crippen molar-refractivity contribution in [1.29, 1.82) is 0 Å². The van der Waals surface area contributed by atoms with Crippen LogP contribution < -0.4 is 5.32 Å². The van der Waals surface area contributed by atoms with Crippen molar-refractivity contribution in [3.8, 4) is 0 Å². The van der Waals surface area contributed by atoms with Gasteiger partial charge in [-0.3, -0.25) is 0 Å². The molecule has 2 aromatic rings. The zero-order valence-electron chi connectivity index (χ0n) is 11.0. The van der Waals surface area contributed by atoms with Crippen LogP contribution in [0.25, 0.3) is 0 Å². The lowest BCUT2D eigenvalue weighted by atomic mass is 9.93. The summed E-state index contributed by atoms with van der Waals surface area (Å²) >= 11 is 7.00. The van der Waals surface area contributed by atoms with Gasteiger partial charge in [-0.15, -0.1) is 22.7 Å². The van der Waals surface area contributed by atoms with Gasteiger partial charge in [-0.25, -0.2) is 4.98 Å². The highest BCUT2D eigenvalue weighted by atomic mass is 79.9. The quantitative estimate of drug-likeness (QED) is 0.881. The van der Waals surface area contributed by atoms with Crippen molar-refractivity contribution in [2.45, 2.75) is 32.2 Å². The summed E-state index contributed by atoms with van der Waals surface area (Å²) in [6, 6.07) is 4.43. The Morgan fingerprint density at radius 3 is 2.50 bits per heavy atom. The van der Waals surface area contributed by atoms with E-state index in [0.717, 1.165) is 8.79 Å². The molecule has 0 aliphatic heterocycles. The summed E-state index contributed by atoms with van der Waals surface area (Å²) in [6.07, 6.45) is 0. The topological polar surface area (TPSA) is 24.9 Å². The number of aromatic nitrogens is 1. The zero-order valence-corrected chi connectivity index (χ0v) is 14.2. The van der Waals surface area contributed by atoms with Crippen LogP contribution in [0.2, 0.25) is 0 Å². The Kier molecular flexibility index (Phi) is 4.26. The molecule has 18 heavy (non-hydrogen) atoms. The normalized spacial score (nSPS) is 13.8. The van der Waals surface area contributed by atoms with Crippen molar-refractivity contribution < 1.29 is 0 Å². The average molecular weight is 345 g/mol. The number of rotatable bonds is 3. The minimum Gasteiger partial charge on any atom is -0.307 e. The van der Waals surface area contributed by atoms with Gasteiger partial charge in [-0.1, -0.05) is 20.8 Å². The van der Waals surface area contributed by atoms with E-state index in [1.807, 2.05) is 7.05 Å². The molecule has 0 spiro atoms. The van der Waals surface area contributed by atoms with Gasteiger partial charge in [-0.2, -0.15) is 0 Å². The van der Waals surface area contributed by atoms with Crippen LogP contribution in [0, 0.1) is 0 Å². The molecule has 0 radical (unpaired) electrons. The molecule has 0 aromatic carbocycles.